The average Bonchev–Trinajstić information content (AvgIpc) is 3.15. The Morgan fingerprint density at radius 1 is 0.659 bits per heavy atom. The van der Waals surface area contributed by atoms with Crippen molar-refractivity contribution >= 4 is 23.2 Å². The lowest BCUT2D eigenvalue weighted by Gasteiger charge is -2.44. The van der Waals surface area contributed by atoms with Crippen LogP contribution in [0.5, 0.6) is 0 Å². The van der Waals surface area contributed by atoms with E-state index in [1.54, 1.807) is 0 Å². The summed E-state index contributed by atoms with van der Waals surface area (Å²) in [5.41, 5.74) is 8.09. The molecule has 0 atom stereocenters. The minimum atomic E-state index is -8.58. The first-order valence-electron chi connectivity index (χ1n) is 13.1. The second-order valence-electron chi connectivity index (χ2n) is 11.7. The van der Waals surface area contributed by atoms with Gasteiger partial charge in [0, 0.05) is 41.6 Å². The lowest BCUT2D eigenvalue weighted by Crippen LogP contribution is -2.79. The molecule has 0 aliphatic carbocycles. The molecule has 2 aliphatic rings. The summed E-state index contributed by atoms with van der Waals surface area (Å²) < 4.78 is 143. The first-order chi connectivity index (χ1) is 19.8. The molecule has 242 valence electrons. The number of benzene rings is 2. The van der Waals surface area contributed by atoms with Crippen molar-refractivity contribution in [1.82, 2.24) is 0 Å². The fourth-order valence-corrected chi connectivity index (χ4v) is 5.95. The van der Waals surface area contributed by atoms with Gasteiger partial charge in [-0.2, -0.15) is 4.58 Å². The molecular formula is C29H29BF12N2. The molecule has 0 aromatic heterocycles. The molecule has 0 N–H and O–H groups in total. The van der Waals surface area contributed by atoms with Gasteiger partial charge in [0.2, 0.25) is 5.69 Å². The zero-order valence-electron chi connectivity index (χ0n) is 24.4. The summed E-state index contributed by atoms with van der Waals surface area (Å²) >= 11 is 0. The molecule has 2 heterocycles. The summed E-state index contributed by atoms with van der Waals surface area (Å²) in [6, 6.07) is 17.4. The summed E-state index contributed by atoms with van der Waals surface area (Å²) in [4.78, 5) is 2.32. The van der Waals surface area contributed by atoms with Gasteiger partial charge in [0.05, 0.1) is 5.41 Å². The van der Waals surface area contributed by atoms with Crippen molar-refractivity contribution in [2.75, 3.05) is 19.0 Å². The van der Waals surface area contributed by atoms with Crippen LogP contribution in [-0.2, 0) is 10.8 Å². The number of hydrogen-bond donors (Lipinski definition) is 0. The summed E-state index contributed by atoms with van der Waals surface area (Å²) in [5.74, 6) is 0. The quantitative estimate of drug-likeness (QED) is 0.180. The van der Waals surface area contributed by atoms with Crippen molar-refractivity contribution in [3.8, 4) is 0 Å². The highest BCUT2D eigenvalue weighted by atomic mass is 19.4. The number of nitrogens with zero attached hydrogens (tertiary/aromatic N) is 2. The van der Waals surface area contributed by atoms with Gasteiger partial charge >= 0.3 is 6.15 Å². The minimum Gasteiger partial charge on any atom is -0.347 e. The molecule has 2 nitrogen and oxygen atoms in total. The standard InChI is InChI=1S/C25H29N2.C4BF12/c1-24(2)18-12-7-9-14-20(18)26(5)22(24)16-11-17-23-25(3,4)19-13-8-10-15-21(19)27(23)6;6-1(7,8)5(2(9,10)11,3(12,13)14)4(15,16)17/h7-17H,1-6H3;/q+1;-1. The van der Waals surface area contributed by atoms with E-state index in [9.17, 15) is 52.7 Å². The Morgan fingerprint density at radius 3 is 1.50 bits per heavy atom. The molecule has 0 saturated carbocycles. The maximum absolute atomic E-state index is 11.7. The van der Waals surface area contributed by atoms with E-state index in [-0.39, 0.29) is 10.8 Å². The summed E-state index contributed by atoms with van der Waals surface area (Å²) in [7, 11) is 4.34. The lowest BCUT2D eigenvalue weighted by molar-refractivity contribution is -0.401. The molecule has 0 unspecified atom stereocenters. The number of alkyl halides is 12. The highest BCUT2D eigenvalue weighted by Gasteiger charge is 2.90. The van der Waals surface area contributed by atoms with Gasteiger partial charge in [-0.05, 0) is 31.6 Å². The van der Waals surface area contributed by atoms with Gasteiger partial charge in [-0.15, -0.1) is 0 Å². The van der Waals surface area contributed by atoms with Crippen molar-refractivity contribution in [3.05, 3.63) is 83.6 Å². The zero-order valence-corrected chi connectivity index (χ0v) is 24.4. The molecule has 2 aromatic rings. The second kappa shape index (κ2) is 10.9. The van der Waals surface area contributed by atoms with Crippen LogP contribution in [0.1, 0.15) is 38.8 Å². The third-order valence-corrected chi connectivity index (χ3v) is 8.35. The Morgan fingerprint density at radius 2 is 1.09 bits per heavy atom. The lowest BCUT2D eigenvalue weighted by atomic mass is 9.21. The highest BCUT2D eigenvalue weighted by Crippen LogP contribution is 2.57. The molecule has 0 radical (unpaired) electrons. The molecule has 44 heavy (non-hydrogen) atoms. The van der Waals surface area contributed by atoms with E-state index >= 15 is 0 Å². The normalized spacial score (nSPS) is 19.3. The Hall–Kier alpha value is -3.39. The number of para-hydroxylation sites is 2. The van der Waals surface area contributed by atoms with Gasteiger partial charge in [0.1, 0.15) is 7.05 Å². The van der Waals surface area contributed by atoms with Crippen LogP contribution in [-0.4, -0.2) is 54.8 Å². The summed E-state index contributed by atoms with van der Waals surface area (Å²) in [6.07, 6.45) is -32.0. The van der Waals surface area contributed by atoms with E-state index in [2.05, 4.69) is 118 Å². The second-order valence-corrected chi connectivity index (χ2v) is 11.7. The predicted molar refractivity (Wildman–Crippen MR) is 145 cm³/mol. The van der Waals surface area contributed by atoms with Crippen LogP contribution in [0.3, 0.4) is 0 Å². The minimum absolute atomic E-state index is 0.0143. The fraction of sp³-hybridized carbons (Fsp3) is 0.414. The average molecular weight is 644 g/mol. The van der Waals surface area contributed by atoms with E-state index in [0.717, 1.165) is 0 Å². The molecular weight excluding hydrogens is 615 g/mol. The number of likely N-dealkylation sites (N-methyl/N-ethyl adjacent to an activating group) is 1. The molecule has 2 aliphatic heterocycles. The largest absolute Gasteiger partial charge is 0.452 e. The van der Waals surface area contributed by atoms with E-state index < -0.39 is 30.4 Å². The maximum atomic E-state index is 11.7. The summed E-state index contributed by atoms with van der Waals surface area (Å²) in [5, 5.41) is 0. The Kier molecular flexibility index (Phi) is 8.69. The third kappa shape index (κ3) is 5.40. The number of allylic oxidation sites excluding steroid dienone is 4. The van der Waals surface area contributed by atoms with Gasteiger partial charge in [0.15, 0.2) is 5.71 Å². The third-order valence-electron chi connectivity index (χ3n) is 8.35. The molecule has 0 bridgehead atoms. The Bertz CT molecular complexity index is 1430. The number of fused-ring (bicyclic) bond motifs is 2. The molecule has 0 spiro atoms. The van der Waals surface area contributed by atoms with Crippen molar-refractivity contribution in [2.24, 2.45) is 0 Å². The van der Waals surface area contributed by atoms with E-state index in [4.69, 9.17) is 0 Å². The predicted octanol–water partition coefficient (Wildman–Crippen LogP) is 9.40. The molecule has 0 saturated heterocycles. The first-order valence-corrected chi connectivity index (χ1v) is 13.1. The van der Waals surface area contributed by atoms with Crippen molar-refractivity contribution < 1.29 is 57.3 Å². The highest BCUT2D eigenvalue weighted by molar-refractivity contribution is 6.86. The van der Waals surface area contributed by atoms with Crippen LogP contribution in [0.25, 0.3) is 0 Å². The zero-order chi connectivity index (χ0) is 33.9. The molecule has 0 amide bonds. The van der Waals surface area contributed by atoms with Crippen LogP contribution in [0.4, 0.5) is 64.1 Å². The van der Waals surface area contributed by atoms with Crippen LogP contribution >= 0.6 is 0 Å². The van der Waals surface area contributed by atoms with Gasteiger partial charge in [0.25, 0.3) is 24.3 Å². The van der Waals surface area contributed by atoms with Gasteiger partial charge < -0.3 is 4.90 Å². The van der Waals surface area contributed by atoms with Crippen LogP contribution in [0.15, 0.2) is 72.5 Å². The van der Waals surface area contributed by atoms with Crippen LogP contribution in [0.2, 0.25) is 0 Å². The number of halogens is 12. The molecule has 0 fully saturated rings. The number of rotatable bonds is 2. The Labute approximate surface area is 246 Å². The van der Waals surface area contributed by atoms with Crippen molar-refractivity contribution in [1.29, 1.82) is 0 Å². The van der Waals surface area contributed by atoms with Gasteiger partial charge in [-0.3, -0.25) is 0 Å². The van der Waals surface area contributed by atoms with Gasteiger partial charge in [-0.1, -0.05) is 56.3 Å². The maximum Gasteiger partial charge on any atom is 0.452 e. The monoisotopic (exact) mass is 644 g/mol. The van der Waals surface area contributed by atoms with Gasteiger partial charge in [-0.25, -0.2) is 52.7 Å². The molecule has 4 rings (SSSR count). The SMILES string of the molecule is CN1C(=CC=CC2=[N+](C)c3ccccc3C2(C)C)C(C)(C)c2ccccc21.FC(F)(F)[B-](C(F)(F)F)(C(F)(F)F)C(F)(F)F. The summed E-state index contributed by atoms with van der Waals surface area (Å²) in [6.45, 7) is 9.24. The van der Waals surface area contributed by atoms with Crippen molar-refractivity contribution in [2.45, 2.75) is 62.8 Å². The number of hydrogen-bond acceptors (Lipinski definition) is 1. The number of anilines is 1. The van der Waals surface area contributed by atoms with Crippen LogP contribution in [0, 0.1) is 0 Å². The van der Waals surface area contributed by atoms with E-state index in [0.29, 0.717) is 0 Å². The fourth-order valence-electron chi connectivity index (χ4n) is 5.95. The van der Waals surface area contributed by atoms with Crippen LogP contribution < -0.4 is 4.90 Å². The van der Waals surface area contributed by atoms with E-state index in [1.165, 1.54) is 33.9 Å². The first kappa shape index (κ1) is 35.1. The van der Waals surface area contributed by atoms with E-state index in [1.807, 2.05) is 0 Å². The molecule has 2 aromatic carbocycles. The molecule has 15 heteroatoms. The smallest absolute Gasteiger partial charge is 0.347 e. The topological polar surface area (TPSA) is 6.25 Å². The van der Waals surface area contributed by atoms with Crippen molar-refractivity contribution in [3.63, 3.8) is 0 Å². The Balaban J connectivity index is 0.000000271.